The van der Waals surface area contributed by atoms with E-state index in [9.17, 15) is 19.4 Å². The van der Waals surface area contributed by atoms with Crippen molar-refractivity contribution in [2.45, 2.75) is 238 Å². The number of carbonyl (C=O) groups excluding carboxylic acids is 1. The minimum absolute atomic E-state index is 0.00360. The smallest absolute Gasteiger partial charge is 0.268 e. The zero-order valence-corrected chi connectivity index (χ0v) is 46.1. The third-order valence-electron chi connectivity index (χ3n) is 12.0. The molecule has 3 unspecified atom stereocenters. The Bertz CT molecular complexity index is 1440. The van der Waals surface area contributed by atoms with Crippen LogP contribution < -0.4 is 10.2 Å². The van der Waals surface area contributed by atoms with E-state index in [0.717, 1.165) is 83.5 Å². The molecule has 0 aromatic rings. The summed E-state index contributed by atoms with van der Waals surface area (Å²) in [5.41, 5.74) is 0. The van der Waals surface area contributed by atoms with Gasteiger partial charge in [-0.2, -0.15) is 0 Å². The van der Waals surface area contributed by atoms with Crippen LogP contribution in [0.2, 0.25) is 0 Å². The van der Waals surface area contributed by atoms with Gasteiger partial charge >= 0.3 is 0 Å². The number of hydrogen-bond donors (Lipinski definition) is 2. The first-order chi connectivity index (χ1) is 33.5. The number of aliphatic hydroxyl groups is 1. The average Bonchev–Trinajstić information content (AvgIpc) is 3.31. The average molecular weight is 983 g/mol. The van der Waals surface area contributed by atoms with Gasteiger partial charge in [-0.25, -0.2) is 0 Å². The molecule has 0 rings (SSSR count). The molecular formula is C60H107N2O6P. The minimum Gasteiger partial charge on any atom is -0.756 e. The standard InChI is InChI=1S/C60H107N2O6P/c1-6-8-10-12-14-16-17-18-19-20-21-22-23-24-25-26-27-28-29-30-31-32-33-34-35-36-37-38-39-40-41-42-43-44-45-46-48-50-52-54-60(64)61-58(57-68-69(65,66)67-56-55-62(3,4)5)59(63)53-51-49-47-15-13-11-9-7-2/h8,10,14,16,18-19,21-22,24-25,27-28,30-31,51,53,58-59,63H,6-7,9,11-13,15,17,20,23,26,29,32-50,52,54-57H2,1-5H3,(H-,61,64,65,66)/b10-8-,16-14-,19-18-,22-21-,25-24-,28-27-,31-30-,53-51+. The summed E-state index contributed by atoms with van der Waals surface area (Å²) in [6.07, 6.45) is 72.3. The summed E-state index contributed by atoms with van der Waals surface area (Å²) in [4.78, 5) is 25.3. The van der Waals surface area contributed by atoms with Crippen LogP contribution >= 0.6 is 7.82 Å². The molecule has 0 saturated heterocycles. The SMILES string of the molecule is CC/C=C\C/C=C\C/C=C\C/C=C\C/C=C\C/C=C\C/C=C\CCCCCCCCCCCCCCCCCCCC(=O)NC(COP(=O)([O-])OCC[N+](C)(C)C)C(O)/C=C/CCCCCCCC. The van der Waals surface area contributed by atoms with Crippen LogP contribution in [0.3, 0.4) is 0 Å². The molecule has 0 aliphatic rings. The van der Waals surface area contributed by atoms with Crippen molar-refractivity contribution in [1.29, 1.82) is 0 Å². The van der Waals surface area contributed by atoms with Crippen molar-refractivity contribution < 1.29 is 32.9 Å². The monoisotopic (exact) mass is 983 g/mol. The number of nitrogens with zero attached hydrogens (tertiary/aromatic N) is 1. The van der Waals surface area contributed by atoms with Crippen LogP contribution in [0.15, 0.2) is 97.2 Å². The number of unbranched alkanes of at least 4 members (excludes halogenated alkanes) is 23. The lowest BCUT2D eigenvalue weighted by molar-refractivity contribution is -0.870. The summed E-state index contributed by atoms with van der Waals surface area (Å²) in [5.74, 6) is -0.203. The van der Waals surface area contributed by atoms with Crippen LogP contribution in [0, 0.1) is 0 Å². The molecular weight excluding hydrogens is 876 g/mol. The predicted molar refractivity (Wildman–Crippen MR) is 297 cm³/mol. The molecule has 1 amide bonds. The van der Waals surface area contributed by atoms with E-state index in [1.165, 1.54) is 122 Å². The maximum Gasteiger partial charge on any atom is 0.268 e. The highest BCUT2D eigenvalue weighted by atomic mass is 31.2. The number of rotatable bonds is 50. The molecule has 9 heteroatoms. The second-order valence-electron chi connectivity index (χ2n) is 19.9. The fourth-order valence-corrected chi connectivity index (χ4v) is 8.39. The fourth-order valence-electron chi connectivity index (χ4n) is 7.66. The molecule has 0 aromatic carbocycles. The molecule has 398 valence electrons. The van der Waals surface area contributed by atoms with E-state index in [4.69, 9.17) is 9.05 Å². The number of allylic oxidation sites excluding steroid dienone is 15. The number of aliphatic hydroxyl groups excluding tert-OH is 1. The van der Waals surface area contributed by atoms with Gasteiger partial charge in [0.25, 0.3) is 7.82 Å². The van der Waals surface area contributed by atoms with Gasteiger partial charge in [0.2, 0.25) is 5.91 Å². The number of hydrogen-bond acceptors (Lipinski definition) is 6. The van der Waals surface area contributed by atoms with E-state index >= 15 is 0 Å². The normalized spacial score (nSPS) is 14.7. The van der Waals surface area contributed by atoms with Gasteiger partial charge in [0.05, 0.1) is 39.9 Å². The number of likely N-dealkylation sites (N-methyl/N-ethyl adjacent to an activating group) is 1. The molecule has 0 aliphatic carbocycles. The van der Waals surface area contributed by atoms with E-state index in [1.807, 2.05) is 27.2 Å². The number of phosphoric acid groups is 1. The maximum atomic E-state index is 12.9. The third-order valence-corrected chi connectivity index (χ3v) is 13.0. The Kier molecular flexibility index (Phi) is 48.5. The number of phosphoric ester groups is 1. The molecule has 2 N–H and O–H groups in total. The second kappa shape index (κ2) is 50.4. The highest BCUT2D eigenvalue weighted by Gasteiger charge is 2.23. The molecule has 8 nitrogen and oxygen atoms in total. The molecule has 0 saturated carbocycles. The van der Waals surface area contributed by atoms with Crippen molar-refractivity contribution in [1.82, 2.24) is 5.32 Å². The highest BCUT2D eigenvalue weighted by molar-refractivity contribution is 7.45. The Morgan fingerprint density at radius 2 is 0.884 bits per heavy atom. The van der Waals surface area contributed by atoms with Crippen molar-refractivity contribution in [2.24, 2.45) is 0 Å². The molecule has 0 heterocycles. The zero-order chi connectivity index (χ0) is 50.6. The molecule has 0 aromatic heterocycles. The van der Waals surface area contributed by atoms with Crippen molar-refractivity contribution in [3.63, 3.8) is 0 Å². The summed E-state index contributed by atoms with van der Waals surface area (Å²) in [6.45, 7) is 4.48. The van der Waals surface area contributed by atoms with Gasteiger partial charge in [0.1, 0.15) is 13.2 Å². The van der Waals surface area contributed by atoms with Crippen LogP contribution in [0.5, 0.6) is 0 Å². The first kappa shape index (κ1) is 66.4. The van der Waals surface area contributed by atoms with Crippen LogP contribution in [-0.2, 0) is 18.4 Å². The van der Waals surface area contributed by atoms with Gasteiger partial charge in [-0.05, 0) is 77.0 Å². The van der Waals surface area contributed by atoms with E-state index in [2.05, 4.69) is 104 Å². The van der Waals surface area contributed by atoms with E-state index in [1.54, 1.807) is 6.08 Å². The first-order valence-corrected chi connectivity index (χ1v) is 29.6. The largest absolute Gasteiger partial charge is 0.756 e. The van der Waals surface area contributed by atoms with Crippen molar-refractivity contribution in [2.75, 3.05) is 40.9 Å². The Hall–Kier alpha value is -2.58. The summed E-state index contributed by atoms with van der Waals surface area (Å²) >= 11 is 0. The second-order valence-corrected chi connectivity index (χ2v) is 21.3. The summed E-state index contributed by atoms with van der Waals surface area (Å²) in [7, 11) is 1.25. The molecule has 0 bridgehead atoms. The topological polar surface area (TPSA) is 108 Å². The Morgan fingerprint density at radius 3 is 1.29 bits per heavy atom. The van der Waals surface area contributed by atoms with Crippen LogP contribution in [-0.4, -0.2) is 68.5 Å². The Labute approximate surface area is 426 Å². The van der Waals surface area contributed by atoms with Gasteiger partial charge in [0, 0.05) is 6.42 Å². The zero-order valence-electron chi connectivity index (χ0n) is 45.2. The van der Waals surface area contributed by atoms with E-state index < -0.39 is 20.0 Å². The van der Waals surface area contributed by atoms with Crippen molar-refractivity contribution in [3.05, 3.63) is 97.2 Å². The minimum atomic E-state index is -4.59. The number of nitrogens with one attached hydrogen (secondary N) is 1. The van der Waals surface area contributed by atoms with Crippen LogP contribution in [0.4, 0.5) is 0 Å². The van der Waals surface area contributed by atoms with E-state index in [-0.39, 0.29) is 19.1 Å². The fraction of sp³-hybridized carbons (Fsp3) is 0.717. The van der Waals surface area contributed by atoms with Crippen LogP contribution in [0.1, 0.15) is 226 Å². The van der Waals surface area contributed by atoms with E-state index in [0.29, 0.717) is 17.4 Å². The molecule has 0 aliphatic heterocycles. The molecule has 0 radical (unpaired) electrons. The Morgan fingerprint density at radius 1 is 0.522 bits per heavy atom. The van der Waals surface area contributed by atoms with Gasteiger partial charge in [-0.15, -0.1) is 0 Å². The quantitative estimate of drug-likeness (QED) is 0.0272. The summed E-state index contributed by atoms with van der Waals surface area (Å²) in [5, 5.41) is 13.7. The molecule has 0 fully saturated rings. The summed E-state index contributed by atoms with van der Waals surface area (Å²) in [6, 6.07) is -0.887. The first-order valence-electron chi connectivity index (χ1n) is 28.1. The Balaban J connectivity index is 3.89. The molecule has 0 spiro atoms. The third kappa shape index (κ3) is 53.1. The number of quaternary nitrogens is 1. The molecule has 69 heavy (non-hydrogen) atoms. The summed E-state index contributed by atoms with van der Waals surface area (Å²) < 4.78 is 23.2. The number of amides is 1. The van der Waals surface area contributed by atoms with Crippen molar-refractivity contribution >= 4 is 13.7 Å². The maximum absolute atomic E-state index is 12.9. The van der Waals surface area contributed by atoms with Gasteiger partial charge < -0.3 is 28.8 Å². The van der Waals surface area contributed by atoms with Gasteiger partial charge in [-0.1, -0.05) is 239 Å². The number of carbonyl (C=O) groups is 1. The molecule has 3 atom stereocenters. The van der Waals surface area contributed by atoms with Crippen molar-refractivity contribution in [3.8, 4) is 0 Å². The predicted octanol–water partition coefficient (Wildman–Crippen LogP) is 16.4. The lowest BCUT2D eigenvalue weighted by Crippen LogP contribution is -2.45. The van der Waals surface area contributed by atoms with Gasteiger partial charge in [0.15, 0.2) is 0 Å². The lowest BCUT2D eigenvalue weighted by atomic mass is 10.0. The van der Waals surface area contributed by atoms with Gasteiger partial charge in [-0.3, -0.25) is 9.36 Å². The highest BCUT2D eigenvalue weighted by Crippen LogP contribution is 2.38. The lowest BCUT2D eigenvalue weighted by Gasteiger charge is -2.29. The van der Waals surface area contributed by atoms with Crippen LogP contribution in [0.25, 0.3) is 0 Å².